The van der Waals surface area contributed by atoms with E-state index in [9.17, 15) is 4.79 Å². The first kappa shape index (κ1) is 14.4. The summed E-state index contributed by atoms with van der Waals surface area (Å²) in [6.45, 7) is 8.22. The molecule has 1 aromatic heterocycles. The average molecular weight is 330 g/mol. The van der Waals surface area contributed by atoms with E-state index in [1.807, 2.05) is 39.4 Å². The number of hydrogen-bond donors (Lipinski definition) is 0. The molecule has 1 unspecified atom stereocenters. The summed E-state index contributed by atoms with van der Waals surface area (Å²) < 4.78 is 8.14. The predicted molar refractivity (Wildman–Crippen MR) is 75.9 cm³/mol. The van der Waals surface area contributed by atoms with Crippen molar-refractivity contribution in [1.29, 1.82) is 0 Å². The van der Waals surface area contributed by atoms with Gasteiger partial charge in [0.05, 0.1) is 6.54 Å². The van der Waals surface area contributed by atoms with Gasteiger partial charge in [-0.3, -0.25) is 4.68 Å². The maximum Gasteiger partial charge on any atom is 0.410 e. The first-order valence-electron chi connectivity index (χ1n) is 6.39. The summed E-state index contributed by atoms with van der Waals surface area (Å²) in [4.78, 5) is 14.0. The fourth-order valence-corrected chi connectivity index (χ4v) is 2.85. The Morgan fingerprint density at radius 3 is 2.68 bits per heavy atom. The first-order valence-corrected chi connectivity index (χ1v) is 7.18. The monoisotopic (exact) mass is 329 g/mol. The van der Waals surface area contributed by atoms with Crippen molar-refractivity contribution in [3.8, 4) is 0 Å². The molecule has 1 atom stereocenters. The Morgan fingerprint density at radius 1 is 1.47 bits per heavy atom. The van der Waals surface area contributed by atoms with E-state index in [0.717, 1.165) is 16.6 Å². The second-order valence-electron chi connectivity index (χ2n) is 6.00. The molecule has 0 bridgehead atoms. The molecule has 0 fully saturated rings. The van der Waals surface area contributed by atoms with E-state index >= 15 is 0 Å². The van der Waals surface area contributed by atoms with E-state index in [1.54, 1.807) is 4.90 Å². The first-order chi connectivity index (χ1) is 8.69. The highest BCUT2D eigenvalue weighted by Crippen LogP contribution is 2.29. The molecule has 1 amide bonds. The number of carbonyl (C=O) groups is 1. The number of rotatable bonds is 0. The number of aryl methyl sites for hydroxylation is 1. The Labute approximate surface area is 122 Å². The lowest BCUT2D eigenvalue weighted by molar-refractivity contribution is 0.0136. The maximum absolute atomic E-state index is 12.2. The van der Waals surface area contributed by atoms with E-state index in [4.69, 9.17) is 4.74 Å². The van der Waals surface area contributed by atoms with Gasteiger partial charge in [0.25, 0.3) is 0 Å². The molecule has 2 rings (SSSR count). The summed E-state index contributed by atoms with van der Waals surface area (Å²) in [5.74, 6) is 0. The quantitative estimate of drug-likeness (QED) is 0.735. The highest BCUT2D eigenvalue weighted by atomic mass is 79.9. The number of carbonyl (C=O) groups excluding carboxylic acids is 1. The van der Waals surface area contributed by atoms with E-state index < -0.39 is 5.60 Å². The fraction of sp³-hybridized carbons (Fsp3) is 0.692. The lowest BCUT2D eigenvalue weighted by Crippen LogP contribution is -2.45. The van der Waals surface area contributed by atoms with Crippen molar-refractivity contribution in [1.82, 2.24) is 14.7 Å². The Bertz CT molecular complexity index is 505. The Kier molecular flexibility index (Phi) is 3.64. The minimum atomic E-state index is -0.469. The molecule has 6 heteroatoms. The summed E-state index contributed by atoms with van der Waals surface area (Å²) in [5.41, 5.74) is 1.79. The number of amides is 1. The molecular weight excluding hydrogens is 310 g/mol. The third-order valence-electron chi connectivity index (χ3n) is 3.20. The number of halogens is 1. The van der Waals surface area contributed by atoms with Gasteiger partial charge in [-0.05, 0) is 43.6 Å². The van der Waals surface area contributed by atoms with Gasteiger partial charge in [0.2, 0.25) is 0 Å². The summed E-state index contributed by atoms with van der Waals surface area (Å²) in [7, 11) is 1.93. The van der Waals surface area contributed by atoms with Crippen LogP contribution in [0.5, 0.6) is 0 Å². The molecule has 106 valence electrons. The Balaban J connectivity index is 2.22. The Hall–Kier alpha value is -1.04. The van der Waals surface area contributed by atoms with Gasteiger partial charge in [-0.2, -0.15) is 5.10 Å². The van der Waals surface area contributed by atoms with E-state index in [1.165, 1.54) is 5.69 Å². The van der Waals surface area contributed by atoms with Crippen LogP contribution in [0.15, 0.2) is 4.60 Å². The van der Waals surface area contributed by atoms with Crippen LogP contribution in [0, 0.1) is 0 Å². The topological polar surface area (TPSA) is 47.4 Å². The van der Waals surface area contributed by atoms with Crippen LogP contribution in [0.25, 0.3) is 0 Å². The van der Waals surface area contributed by atoms with Crippen LogP contribution in [0.4, 0.5) is 4.79 Å². The minimum absolute atomic E-state index is 0.115. The van der Waals surface area contributed by atoms with Crippen LogP contribution >= 0.6 is 15.9 Å². The van der Waals surface area contributed by atoms with Crippen LogP contribution in [0.1, 0.15) is 39.0 Å². The van der Waals surface area contributed by atoms with Crippen molar-refractivity contribution < 1.29 is 9.53 Å². The SMILES string of the molecule is CC1Cc2c(c(Br)nn2C)CN1C(=O)OC(C)(C)C. The number of ether oxygens (including phenoxy) is 1. The number of aromatic nitrogens is 2. The standard InChI is InChI=1S/C13H20BrN3O2/c1-8-6-10-9(11(14)15-16(10)5)7-17(8)12(18)19-13(2,3)4/h8H,6-7H2,1-5H3. The summed E-state index contributed by atoms with van der Waals surface area (Å²) in [5, 5.41) is 4.35. The molecule has 1 aliphatic heterocycles. The summed E-state index contributed by atoms with van der Waals surface area (Å²) >= 11 is 3.45. The van der Waals surface area contributed by atoms with Gasteiger partial charge in [-0.1, -0.05) is 0 Å². The van der Waals surface area contributed by atoms with Crippen molar-refractivity contribution >= 4 is 22.0 Å². The van der Waals surface area contributed by atoms with Gasteiger partial charge in [-0.25, -0.2) is 4.79 Å². The normalized spacial score (nSPS) is 19.3. The highest BCUT2D eigenvalue weighted by molar-refractivity contribution is 9.10. The van der Waals surface area contributed by atoms with E-state index in [0.29, 0.717) is 6.54 Å². The molecule has 0 saturated carbocycles. The second kappa shape index (κ2) is 4.81. The van der Waals surface area contributed by atoms with Crippen molar-refractivity contribution in [2.45, 2.75) is 52.3 Å². The molecule has 19 heavy (non-hydrogen) atoms. The van der Waals surface area contributed by atoms with Crippen molar-refractivity contribution in [2.24, 2.45) is 7.05 Å². The molecule has 0 N–H and O–H groups in total. The summed E-state index contributed by atoms with van der Waals surface area (Å²) in [6.07, 6.45) is 0.533. The van der Waals surface area contributed by atoms with Crippen LogP contribution in [0.2, 0.25) is 0 Å². The van der Waals surface area contributed by atoms with Gasteiger partial charge in [0, 0.05) is 30.8 Å². The molecular formula is C13H20BrN3O2. The summed E-state index contributed by atoms with van der Waals surface area (Å²) in [6, 6.07) is 0.115. The van der Waals surface area contributed by atoms with E-state index in [2.05, 4.69) is 21.0 Å². The van der Waals surface area contributed by atoms with Crippen LogP contribution in [-0.2, 0) is 24.8 Å². The number of hydrogen-bond acceptors (Lipinski definition) is 3. The van der Waals surface area contributed by atoms with Crippen LogP contribution < -0.4 is 0 Å². The van der Waals surface area contributed by atoms with Crippen molar-refractivity contribution in [3.05, 3.63) is 15.9 Å². The molecule has 1 aliphatic rings. The molecule has 0 spiro atoms. The van der Waals surface area contributed by atoms with Gasteiger partial charge < -0.3 is 9.64 Å². The highest BCUT2D eigenvalue weighted by Gasteiger charge is 2.33. The Morgan fingerprint density at radius 2 is 2.11 bits per heavy atom. The fourth-order valence-electron chi connectivity index (χ4n) is 2.26. The smallest absolute Gasteiger partial charge is 0.410 e. The zero-order valence-electron chi connectivity index (χ0n) is 12.0. The van der Waals surface area contributed by atoms with Gasteiger partial charge in [0.15, 0.2) is 0 Å². The van der Waals surface area contributed by atoms with Gasteiger partial charge in [0.1, 0.15) is 10.2 Å². The molecule has 0 radical (unpaired) electrons. The van der Waals surface area contributed by atoms with E-state index in [-0.39, 0.29) is 12.1 Å². The van der Waals surface area contributed by atoms with Crippen molar-refractivity contribution in [3.63, 3.8) is 0 Å². The third kappa shape index (κ3) is 2.94. The molecule has 0 aromatic carbocycles. The zero-order valence-corrected chi connectivity index (χ0v) is 13.6. The zero-order chi connectivity index (χ0) is 14.4. The lowest BCUT2D eigenvalue weighted by atomic mass is 10.0. The molecule has 5 nitrogen and oxygen atoms in total. The van der Waals surface area contributed by atoms with Crippen LogP contribution in [-0.4, -0.2) is 32.4 Å². The third-order valence-corrected chi connectivity index (χ3v) is 3.84. The molecule has 1 aromatic rings. The average Bonchev–Trinajstić information content (AvgIpc) is 2.50. The lowest BCUT2D eigenvalue weighted by Gasteiger charge is -2.35. The molecule has 0 aliphatic carbocycles. The largest absolute Gasteiger partial charge is 0.444 e. The molecule has 0 saturated heterocycles. The van der Waals surface area contributed by atoms with Crippen LogP contribution in [0.3, 0.4) is 0 Å². The minimum Gasteiger partial charge on any atom is -0.444 e. The maximum atomic E-state index is 12.2. The second-order valence-corrected chi connectivity index (χ2v) is 6.75. The number of fused-ring (bicyclic) bond motifs is 1. The van der Waals surface area contributed by atoms with Gasteiger partial charge in [-0.15, -0.1) is 0 Å². The van der Waals surface area contributed by atoms with Gasteiger partial charge >= 0.3 is 6.09 Å². The molecule has 2 heterocycles. The predicted octanol–water partition coefficient (Wildman–Crippen LogP) is 2.86. The van der Waals surface area contributed by atoms with Crippen molar-refractivity contribution in [2.75, 3.05) is 0 Å². The number of nitrogens with zero attached hydrogens (tertiary/aromatic N) is 3.